The van der Waals surface area contributed by atoms with Crippen molar-refractivity contribution in [1.82, 2.24) is 4.98 Å². The molecule has 0 saturated heterocycles. The monoisotopic (exact) mass is 348 g/mol. The van der Waals surface area contributed by atoms with Crippen LogP contribution in [0.25, 0.3) is 0 Å². The summed E-state index contributed by atoms with van der Waals surface area (Å²) in [5.74, 6) is 1.17. The van der Waals surface area contributed by atoms with Crippen LogP contribution in [0.3, 0.4) is 0 Å². The minimum atomic E-state index is -0.0465. The first kappa shape index (κ1) is 18.3. The minimum Gasteiger partial charge on any atom is -0.493 e. The smallest absolute Gasteiger partial charge is 0.224 e. The number of amides is 1. The molecule has 0 saturated carbocycles. The second kappa shape index (κ2) is 7.66. The van der Waals surface area contributed by atoms with Crippen molar-refractivity contribution in [2.45, 2.75) is 39.0 Å². The summed E-state index contributed by atoms with van der Waals surface area (Å²) in [4.78, 5) is 16.7. The van der Waals surface area contributed by atoms with E-state index in [9.17, 15) is 4.79 Å². The first-order chi connectivity index (χ1) is 11.3. The van der Waals surface area contributed by atoms with Gasteiger partial charge in [-0.1, -0.05) is 20.8 Å². The third-order valence-corrected chi connectivity index (χ3v) is 4.46. The Morgan fingerprint density at radius 3 is 2.50 bits per heavy atom. The number of hydrogen-bond donors (Lipinski definition) is 1. The van der Waals surface area contributed by atoms with Crippen LogP contribution in [-0.4, -0.2) is 25.1 Å². The molecule has 2 aromatic rings. The van der Waals surface area contributed by atoms with Crippen molar-refractivity contribution >= 4 is 22.9 Å². The molecule has 1 N–H and O–H groups in total. The normalized spacial score (nSPS) is 11.2. The van der Waals surface area contributed by atoms with E-state index >= 15 is 0 Å². The van der Waals surface area contributed by atoms with Crippen LogP contribution in [0.5, 0.6) is 11.5 Å². The van der Waals surface area contributed by atoms with Crippen molar-refractivity contribution in [2.75, 3.05) is 19.5 Å². The molecule has 1 amide bonds. The molecule has 1 aromatic carbocycles. The second-order valence-electron chi connectivity index (χ2n) is 6.49. The molecule has 1 heterocycles. The zero-order valence-corrected chi connectivity index (χ0v) is 15.6. The Morgan fingerprint density at radius 1 is 1.21 bits per heavy atom. The van der Waals surface area contributed by atoms with Gasteiger partial charge < -0.3 is 14.8 Å². The van der Waals surface area contributed by atoms with Crippen LogP contribution in [0.15, 0.2) is 23.6 Å². The highest BCUT2D eigenvalue weighted by Crippen LogP contribution is 2.30. The van der Waals surface area contributed by atoms with Gasteiger partial charge in [0.25, 0.3) is 0 Å². The standard InChI is InChI=1S/C18H24N2O3S/c1-18(2,3)15-11-24-17(20-15)9-8-16(21)19-12-6-7-13(22-4)14(10-12)23-5/h6-7,10-11H,8-9H2,1-5H3,(H,19,21). The molecule has 0 fully saturated rings. The van der Waals surface area contributed by atoms with Gasteiger partial charge in [0.15, 0.2) is 11.5 Å². The zero-order chi connectivity index (χ0) is 17.7. The molecule has 24 heavy (non-hydrogen) atoms. The summed E-state index contributed by atoms with van der Waals surface area (Å²) in [7, 11) is 3.15. The summed E-state index contributed by atoms with van der Waals surface area (Å²) in [5.41, 5.74) is 1.80. The highest BCUT2D eigenvalue weighted by atomic mass is 32.1. The van der Waals surface area contributed by atoms with Gasteiger partial charge in [-0.05, 0) is 12.1 Å². The van der Waals surface area contributed by atoms with Gasteiger partial charge in [-0.25, -0.2) is 4.98 Å². The maximum atomic E-state index is 12.1. The van der Waals surface area contributed by atoms with E-state index in [1.165, 1.54) is 0 Å². The maximum absolute atomic E-state index is 12.1. The van der Waals surface area contributed by atoms with Crippen LogP contribution >= 0.6 is 11.3 Å². The van der Waals surface area contributed by atoms with Crippen LogP contribution in [0, 0.1) is 0 Å². The van der Waals surface area contributed by atoms with E-state index in [1.807, 2.05) is 0 Å². The summed E-state index contributed by atoms with van der Waals surface area (Å²) < 4.78 is 10.4. The average Bonchev–Trinajstić information content (AvgIpc) is 3.02. The van der Waals surface area contributed by atoms with E-state index in [0.717, 1.165) is 10.7 Å². The fourth-order valence-corrected chi connectivity index (χ4v) is 3.15. The number of nitrogens with zero attached hydrogens (tertiary/aromatic N) is 1. The molecular formula is C18H24N2O3S. The summed E-state index contributed by atoms with van der Waals surface area (Å²) >= 11 is 1.61. The molecule has 1 aromatic heterocycles. The van der Waals surface area contributed by atoms with E-state index in [1.54, 1.807) is 43.8 Å². The average molecular weight is 348 g/mol. The highest BCUT2D eigenvalue weighted by molar-refractivity contribution is 7.09. The van der Waals surface area contributed by atoms with Crippen LogP contribution in [0.2, 0.25) is 0 Å². The van der Waals surface area contributed by atoms with Gasteiger partial charge in [-0.2, -0.15) is 0 Å². The Labute approximate surface area is 147 Å². The molecule has 0 aliphatic rings. The predicted octanol–water partition coefficient (Wildman–Crippen LogP) is 4.03. The number of thiazole rings is 1. The third kappa shape index (κ3) is 4.71. The Morgan fingerprint density at radius 2 is 1.92 bits per heavy atom. The van der Waals surface area contributed by atoms with E-state index < -0.39 is 0 Å². The van der Waals surface area contributed by atoms with Gasteiger partial charge in [0, 0.05) is 35.4 Å². The number of hydrogen-bond acceptors (Lipinski definition) is 5. The van der Waals surface area contributed by atoms with Gasteiger partial charge in [0.1, 0.15) is 0 Å². The van der Waals surface area contributed by atoms with Crippen molar-refractivity contribution in [3.8, 4) is 11.5 Å². The van der Waals surface area contributed by atoms with E-state index in [0.29, 0.717) is 30.0 Å². The third-order valence-electron chi connectivity index (χ3n) is 3.55. The molecule has 0 bridgehead atoms. The number of anilines is 1. The Hall–Kier alpha value is -2.08. The summed E-state index contributed by atoms with van der Waals surface area (Å²) in [6, 6.07) is 5.31. The number of aryl methyl sites for hydroxylation is 1. The predicted molar refractivity (Wildman–Crippen MR) is 97.3 cm³/mol. The fraction of sp³-hybridized carbons (Fsp3) is 0.444. The zero-order valence-electron chi connectivity index (χ0n) is 14.8. The van der Waals surface area contributed by atoms with Gasteiger partial charge >= 0.3 is 0 Å². The molecule has 0 aliphatic carbocycles. The molecule has 130 valence electrons. The van der Waals surface area contributed by atoms with Crippen LogP contribution in [0.1, 0.15) is 37.9 Å². The van der Waals surface area contributed by atoms with Gasteiger partial charge in [-0.3, -0.25) is 4.79 Å². The van der Waals surface area contributed by atoms with Gasteiger partial charge in [-0.15, -0.1) is 11.3 Å². The number of benzene rings is 1. The summed E-state index contributed by atoms with van der Waals surface area (Å²) in [6.45, 7) is 6.40. The van der Waals surface area contributed by atoms with E-state index in [2.05, 4.69) is 36.5 Å². The lowest BCUT2D eigenvalue weighted by atomic mass is 9.93. The first-order valence-corrected chi connectivity index (χ1v) is 8.68. The number of carbonyl (C=O) groups excluding carboxylic acids is 1. The second-order valence-corrected chi connectivity index (χ2v) is 7.44. The SMILES string of the molecule is COc1ccc(NC(=O)CCc2nc(C(C)(C)C)cs2)cc1OC. The number of ether oxygens (including phenoxy) is 2. The molecule has 0 aliphatic heterocycles. The topological polar surface area (TPSA) is 60.5 Å². The number of carbonyl (C=O) groups is 1. The number of nitrogens with one attached hydrogen (secondary N) is 1. The molecule has 0 radical (unpaired) electrons. The Kier molecular flexibility index (Phi) is 5.83. The number of aromatic nitrogens is 1. The molecule has 2 rings (SSSR count). The summed E-state index contributed by atoms with van der Waals surface area (Å²) in [6.07, 6.45) is 1.03. The van der Waals surface area contributed by atoms with Crippen molar-refractivity contribution in [2.24, 2.45) is 0 Å². The lowest BCUT2D eigenvalue weighted by Gasteiger charge is -2.14. The molecular weight excluding hydrogens is 324 g/mol. The lowest BCUT2D eigenvalue weighted by molar-refractivity contribution is -0.116. The number of rotatable bonds is 6. The molecule has 0 unspecified atom stereocenters. The van der Waals surface area contributed by atoms with Crippen molar-refractivity contribution in [3.05, 3.63) is 34.3 Å². The maximum Gasteiger partial charge on any atom is 0.224 e. The van der Waals surface area contributed by atoms with Crippen molar-refractivity contribution < 1.29 is 14.3 Å². The van der Waals surface area contributed by atoms with Crippen LogP contribution < -0.4 is 14.8 Å². The summed E-state index contributed by atoms with van der Waals surface area (Å²) in [5, 5.41) is 5.94. The minimum absolute atomic E-state index is 0.0384. The first-order valence-electron chi connectivity index (χ1n) is 7.80. The quantitative estimate of drug-likeness (QED) is 0.856. The van der Waals surface area contributed by atoms with Crippen molar-refractivity contribution in [1.29, 1.82) is 0 Å². The van der Waals surface area contributed by atoms with Gasteiger partial charge in [0.2, 0.25) is 5.91 Å². The largest absolute Gasteiger partial charge is 0.493 e. The molecule has 0 spiro atoms. The van der Waals surface area contributed by atoms with E-state index in [4.69, 9.17) is 9.47 Å². The molecule has 5 nitrogen and oxygen atoms in total. The lowest BCUT2D eigenvalue weighted by Crippen LogP contribution is -2.13. The van der Waals surface area contributed by atoms with Gasteiger partial charge in [0.05, 0.1) is 24.9 Å². The molecule has 6 heteroatoms. The van der Waals surface area contributed by atoms with E-state index in [-0.39, 0.29) is 11.3 Å². The Balaban J connectivity index is 1.93. The number of methoxy groups -OCH3 is 2. The Bertz CT molecular complexity index is 705. The highest BCUT2D eigenvalue weighted by Gasteiger charge is 2.17. The van der Waals surface area contributed by atoms with Crippen LogP contribution in [-0.2, 0) is 16.6 Å². The van der Waals surface area contributed by atoms with Crippen LogP contribution in [0.4, 0.5) is 5.69 Å². The fourth-order valence-electron chi connectivity index (χ4n) is 2.13. The van der Waals surface area contributed by atoms with Crippen molar-refractivity contribution in [3.63, 3.8) is 0 Å². The molecule has 0 atom stereocenters.